The molecule has 0 N–H and O–H groups in total. The van der Waals surface area contributed by atoms with Crippen molar-refractivity contribution in [1.82, 2.24) is 0 Å². The maximum Gasteiger partial charge on any atom is 0.239 e. The zero-order valence-corrected chi connectivity index (χ0v) is 3.17. The molecule has 4 heteroatoms. The predicted molar refractivity (Wildman–Crippen MR) is 18.5 cm³/mol. The standard InChI is InChI=1S/C3NO3/c5-2-3(6)7-1-4-2/q-1. The molecule has 0 aromatic rings. The molecule has 0 unspecified atom stereocenters. The minimum absolute atomic E-state index is 0.889. The van der Waals surface area contributed by atoms with Crippen LogP contribution in [0.3, 0.4) is 0 Å². The van der Waals surface area contributed by atoms with Crippen molar-refractivity contribution in [2.45, 2.75) is 0 Å². The summed E-state index contributed by atoms with van der Waals surface area (Å²) in [6, 6.07) is 0. The van der Waals surface area contributed by atoms with E-state index in [0.717, 1.165) is 0 Å². The predicted octanol–water partition coefficient (Wildman–Crippen LogP) is -1.02. The van der Waals surface area contributed by atoms with Crippen molar-refractivity contribution < 1.29 is 14.3 Å². The molecule has 1 aliphatic rings. The Morgan fingerprint density at radius 1 is 1.57 bits per heavy atom. The summed E-state index contributed by atoms with van der Waals surface area (Å²) in [4.78, 5) is 22.6. The van der Waals surface area contributed by atoms with Crippen LogP contribution in [0.2, 0.25) is 0 Å². The van der Waals surface area contributed by atoms with Crippen molar-refractivity contribution in [3.8, 4) is 0 Å². The molecule has 1 heterocycles. The molecule has 1 rings (SSSR count). The van der Waals surface area contributed by atoms with Gasteiger partial charge in [-0.25, -0.2) is 0 Å². The number of aliphatic imine (C=N–C) groups is 1. The Morgan fingerprint density at radius 2 is 2.29 bits per heavy atom. The molecular weight excluding hydrogens is 98.0 g/mol. The van der Waals surface area contributed by atoms with Crippen LogP contribution in [-0.4, -0.2) is 18.3 Å². The van der Waals surface area contributed by atoms with Crippen LogP contribution in [0, 0.1) is 0 Å². The van der Waals surface area contributed by atoms with E-state index in [1.54, 1.807) is 6.40 Å². The van der Waals surface area contributed by atoms with E-state index in [-0.39, 0.29) is 0 Å². The van der Waals surface area contributed by atoms with E-state index in [4.69, 9.17) is 0 Å². The summed E-state index contributed by atoms with van der Waals surface area (Å²) in [5.74, 6) is -1.85. The summed E-state index contributed by atoms with van der Waals surface area (Å²) in [5, 5.41) is 0. The van der Waals surface area contributed by atoms with Gasteiger partial charge in [0.25, 0.3) is 0 Å². The first kappa shape index (κ1) is 3.98. The van der Waals surface area contributed by atoms with Crippen LogP contribution < -0.4 is 0 Å². The second-order valence-corrected chi connectivity index (χ2v) is 0.898. The number of cyclic esters (lactones) is 1. The van der Waals surface area contributed by atoms with Crippen LogP contribution >= 0.6 is 0 Å². The monoisotopic (exact) mass is 98.0 g/mol. The summed E-state index contributed by atoms with van der Waals surface area (Å²) in [6.07, 6.45) is 1.75. The number of rotatable bonds is 0. The minimum atomic E-state index is -0.958. The number of hydrogen-bond acceptors (Lipinski definition) is 3. The number of amides is 1. The largest absolute Gasteiger partial charge is 0.539 e. The number of hydrogen-bond donors (Lipinski definition) is 0. The molecule has 1 aliphatic heterocycles. The first-order valence-electron chi connectivity index (χ1n) is 1.51. The van der Waals surface area contributed by atoms with Gasteiger partial charge >= 0.3 is 0 Å². The van der Waals surface area contributed by atoms with E-state index in [1.165, 1.54) is 0 Å². The van der Waals surface area contributed by atoms with Gasteiger partial charge in [-0.2, -0.15) is 0 Å². The van der Waals surface area contributed by atoms with Crippen molar-refractivity contribution >= 4 is 18.3 Å². The van der Waals surface area contributed by atoms with Crippen LogP contribution in [-0.2, 0) is 14.3 Å². The van der Waals surface area contributed by atoms with Gasteiger partial charge in [0.15, 0.2) is 5.91 Å². The Labute approximate surface area is 38.8 Å². The highest BCUT2D eigenvalue weighted by Crippen LogP contribution is 1.86. The third kappa shape index (κ3) is 0.489. The lowest BCUT2D eigenvalue weighted by Gasteiger charge is -1.88. The average molecular weight is 98.0 g/mol. The molecule has 1 amide bonds. The highest BCUT2D eigenvalue weighted by atomic mass is 16.5. The summed E-state index contributed by atoms with van der Waals surface area (Å²) in [6.45, 7) is 0. The molecule has 0 atom stereocenters. The zero-order valence-electron chi connectivity index (χ0n) is 3.17. The Kier molecular flexibility index (Phi) is 0.651. The first-order valence-corrected chi connectivity index (χ1v) is 1.51. The van der Waals surface area contributed by atoms with Gasteiger partial charge in [-0.3, -0.25) is 0 Å². The van der Waals surface area contributed by atoms with E-state index < -0.39 is 11.9 Å². The summed E-state index contributed by atoms with van der Waals surface area (Å²) < 4.78 is 3.86. The molecule has 0 aliphatic carbocycles. The topological polar surface area (TPSA) is 55.7 Å². The molecule has 0 saturated heterocycles. The van der Waals surface area contributed by atoms with Crippen molar-refractivity contribution in [1.29, 1.82) is 0 Å². The Balaban J connectivity index is 2.81. The maximum absolute atomic E-state index is 9.87. The Hall–Kier alpha value is -1.19. The lowest BCUT2D eigenvalue weighted by molar-refractivity contribution is -0.144. The molecule has 0 spiro atoms. The normalized spacial score (nSPS) is 17.7. The van der Waals surface area contributed by atoms with Crippen LogP contribution in [0.15, 0.2) is 4.99 Å². The van der Waals surface area contributed by atoms with E-state index in [0.29, 0.717) is 0 Å². The fourth-order valence-electron chi connectivity index (χ4n) is 0.195. The third-order valence-corrected chi connectivity index (χ3v) is 0.460. The SMILES string of the molecule is O=C1N=[C-]OC1=O. The molecule has 4 nitrogen and oxygen atoms in total. The van der Waals surface area contributed by atoms with E-state index in [2.05, 4.69) is 9.73 Å². The minimum Gasteiger partial charge on any atom is -0.539 e. The molecule has 0 aromatic carbocycles. The smallest absolute Gasteiger partial charge is 0.239 e. The molecule has 7 heavy (non-hydrogen) atoms. The van der Waals surface area contributed by atoms with E-state index >= 15 is 0 Å². The van der Waals surface area contributed by atoms with E-state index in [1.807, 2.05) is 0 Å². The lowest BCUT2D eigenvalue weighted by Crippen LogP contribution is -2.04. The van der Waals surface area contributed by atoms with Gasteiger partial charge in [-0.1, -0.05) is 0 Å². The molecule has 0 saturated carbocycles. The van der Waals surface area contributed by atoms with Crippen LogP contribution in [0.1, 0.15) is 0 Å². The number of ether oxygens (including phenoxy) is 1. The van der Waals surface area contributed by atoms with E-state index in [9.17, 15) is 9.59 Å². The molecule has 0 fully saturated rings. The Morgan fingerprint density at radius 3 is 2.43 bits per heavy atom. The number of nitrogens with zero attached hydrogens (tertiary/aromatic N) is 1. The van der Waals surface area contributed by atoms with Gasteiger partial charge in [-0.05, 0) is 0 Å². The quantitative estimate of drug-likeness (QED) is 0.221. The van der Waals surface area contributed by atoms with Crippen LogP contribution in [0.5, 0.6) is 0 Å². The van der Waals surface area contributed by atoms with Gasteiger partial charge in [0.2, 0.25) is 5.97 Å². The molecule has 0 radical (unpaired) electrons. The van der Waals surface area contributed by atoms with Gasteiger partial charge in [0, 0.05) is 0 Å². The summed E-state index contributed by atoms with van der Waals surface area (Å²) in [5.41, 5.74) is 0. The number of carbonyl (C=O) groups excluding carboxylic acids is 2. The molecule has 0 aromatic heterocycles. The van der Waals surface area contributed by atoms with Crippen molar-refractivity contribution in [3.05, 3.63) is 0 Å². The van der Waals surface area contributed by atoms with Gasteiger partial charge in [-0.15, -0.1) is 0 Å². The summed E-state index contributed by atoms with van der Waals surface area (Å²) in [7, 11) is 0. The highest BCUT2D eigenvalue weighted by Gasteiger charge is 2.02. The fourth-order valence-corrected chi connectivity index (χ4v) is 0.195. The maximum atomic E-state index is 9.87. The zero-order chi connectivity index (χ0) is 5.28. The molecule has 0 bridgehead atoms. The molecular formula is C3NO3-. The van der Waals surface area contributed by atoms with Crippen molar-refractivity contribution in [3.63, 3.8) is 0 Å². The van der Waals surface area contributed by atoms with Crippen molar-refractivity contribution in [2.24, 2.45) is 4.99 Å². The Bertz CT molecular complexity index is 148. The summed E-state index contributed by atoms with van der Waals surface area (Å²) >= 11 is 0. The van der Waals surface area contributed by atoms with Crippen molar-refractivity contribution in [2.75, 3.05) is 0 Å². The first-order chi connectivity index (χ1) is 3.30. The van der Waals surface area contributed by atoms with Crippen LogP contribution in [0.25, 0.3) is 0 Å². The second-order valence-electron chi connectivity index (χ2n) is 0.898. The van der Waals surface area contributed by atoms with Crippen LogP contribution in [0.4, 0.5) is 0 Å². The van der Waals surface area contributed by atoms with Gasteiger partial charge in [0.1, 0.15) is 6.40 Å². The highest BCUT2D eigenvalue weighted by molar-refractivity contribution is 6.37. The van der Waals surface area contributed by atoms with Gasteiger partial charge in [0.05, 0.1) is 0 Å². The second kappa shape index (κ2) is 1.14. The average Bonchev–Trinajstić information content (AvgIpc) is 1.91. The van der Waals surface area contributed by atoms with Gasteiger partial charge < -0.3 is 19.3 Å². The molecule has 36 valence electrons. The third-order valence-electron chi connectivity index (χ3n) is 0.460. The number of carbonyl (C=O) groups is 2. The lowest BCUT2D eigenvalue weighted by atomic mass is 10.7. The number of esters is 1. The fraction of sp³-hybridized carbons (Fsp3) is 0.